The Labute approximate surface area is 117 Å². The maximum atomic E-state index is 12.5. The summed E-state index contributed by atoms with van der Waals surface area (Å²) in [6, 6.07) is 6.10. The lowest BCUT2D eigenvalue weighted by Gasteiger charge is -2.18. The molecule has 0 N–H and O–H groups in total. The van der Waals surface area contributed by atoms with E-state index < -0.39 is 0 Å². The van der Waals surface area contributed by atoms with Crippen LogP contribution >= 0.6 is 15.9 Å². The van der Waals surface area contributed by atoms with Crippen molar-refractivity contribution in [3.8, 4) is 0 Å². The molecule has 18 heavy (non-hydrogen) atoms. The maximum Gasteiger partial charge on any atom is 0.254 e. The summed E-state index contributed by atoms with van der Waals surface area (Å²) in [4.78, 5) is 14.5. The van der Waals surface area contributed by atoms with Crippen molar-refractivity contribution in [1.82, 2.24) is 4.90 Å². The molecule has 1 unspecified atom stereocenters. The molecule has 1 fully saturated rings. The molecule has 1 aliphatic heterocycles. The van der Waals surface area contributed by atoms with Crippen LogP contribution in [0.25, 0.3) is 0 Å². The number of alkyl halides is 1. The van der Waals surface area contributed by atoms with Gasteiger partial charge in [0.25, 0.3) is 5.91 Å². The van der Waals surface area contributed by atoms with Crippen LogP contribution in [0.2, 0.25) is 0 Å². The first-order valence-corrected chi connectivity index (χ1v) is 7.66. The van der Waals surface area contributed by atoms with Crippen molar-refractivity contribution in [2.75, 3.05) is 18.4 Å². The van der Waals surface area contributed by atoms with Gasteiger partial charge in [-0.05, 0) is 44.2 Å². The first-order valence-electron chi connectivity index (χ1n) is 6.54. The molecule has 1 atom stereocenters. The van der Waals surface area contributed by atoms with Gasteiger partial charge < -0.3 is 4.90 Å². The van der Waals surface area contributed by atoms with E-state index in [9.17, 15) is 4.79 Å². The topological polar surface area (TPSA) is 20.3 Å². The number of carbonyl (C=O) groups is 1. The lowest BCUT2D eigenvalue weighted by molar-refractivity contribution is 0.0786. The molecule has 3 heteroatoms. The number of carbonyl (C=O) groups excluding carboxylic acids is 1. The first-order chi connectivity index (χ1) is 8.61. The number of hydrogen-bond donors (Lipinski definition) is 0. The van der Waals surface area contributed by atoms with Gasteiger partial charge in [-0.25, -0.2) is 0 Å². The number of aryl methyl sites for hydroxylation is 2. The third-order valence-corrected chi connectivity index (χ3v) is 4.17. The summed E-state index contributed by atoms with van der Waals surface area (Å²) in [6.07, 6.45) is 2.30. The Balaban J connectivity index is 2.10. The van der Waals surface area contributed by atoms with Gasteiger partial charge in [-0.15, -0.1) is 0 Å². The molecular formula is C15H20BrNO. The molecule has 2 rings (SSSR count). The second-order valence-electron chi connectivity index (χ2n) is 5.20. The monoisotopic (exact) mass is 309 g/mol. The van der Waals surface area contributed by atoms with E-state index in [2.05, 4.69) is 22.0 Å². The van der Waals surface area contributed by atoms with E-state index in [1.807, 2.05) is 30.9 Å². The SMILES string of the molecule is Cc1ccc(C)c(C(=O)N2CCC(CCBr)C2)c1. The fraction of sp³-hybridized carbons (Fsp3) is 0.533. The molecule has 0 saturated carbocycles. The predicted molar refractivity (Wildman–Crippen MR) is 78.3 cm³/mol. The van der Waals surface area contributed by atoms with E-state index in [1.165, 1.54) is 0 Å². The fourth-order valence-electron chi connectivity index (χ4n) is 2.54. The second kappa shape index (κ2) is 5.87. The number of rotatable bonds is 3. The normalized spacial score (nSPS) is 19.3. The lowest BCUT2D eigenvalue weighted by Crippen LogP contribution is -2.29. The molecule has 1 aromatic carbocycles. The third kappa shape index (κ3) is 2.94. The molecule has 0 bridgehead atoms. The Kier molecular flexibility index (Phi) is 4.44. The van der Waals surface area contributed by atoms with Crippen molar-refractivity contribution in [3.05, 3.63) is 34.9 Å². The minimum atomic E-state index is 0.202. The zero-order chi connectivity index (χ0) is 13.1. The first kappa shape index (κ1) is 13.6. The van der Waals surface area contributed by atoms with E-state index in [0.717, 1.165) is 48.0 Å². The molecule has 2 nitrogen and oxygen atoms in total. The Morgan fingerprint density at radius 1 is 1.44 bits per heavy atom. The predicted octanol–water partition coefficient (Wildman–Crippen LogP) is 3.55. The van der Waals surface area contributed by atoms with Gasteiger partial charge in [-0.1, -0.05) is 33.6 Å². The molecule has 1 heterocycles. The number of likely N-dealkylation sites (tertiary alicyclic amines) is 1. The van der Waals surface area contributed by atoms with Gasteiger partial charge in [0.05, 0.1) is 0 Å². The van der Waals surface area contributed by atoms with E-state index in [0.29, 0.717) is 5.92 Å². The number of halogens is 1. The molecule has 0 radical (unpaired) electrons. The van der Waals surface area contributed by atoms with Gasteiger partial charge >= 0.3 is 0 Å². The highest BCUT2D eigenvalue weighted by Crippen LogP contribution is 2.23. The molecule has 1 aromatic rings. The Morgan fingerprint density at radius 2 is 2.22 bits per heavy atom. The summed E-state index contributed by atoms with van der Waals surface area (Å²) >= 11 is 3.48. The number of nitrogens with zero attached hydrogens (tertiary/aromatic N) is 1. The van der Waals surface area contributed by atoms with Gasteiger partial charge in [0.15, 0.2) is 0 Å². The fourth-order valence-corrected chi connectivity index (χ4v) is 3.19. The van der Waals surface area contributed by atoms with Gasteiger partial charge in [-0.3, -0.25) is 4.79 Å². The van der Waals surface area contributed by atoms with Crippen molar-refractivity contribution in [3.63, 3.8) is 0 Å². The molecule has 0 spiro atoms. The van der Waals surface area contributed by atoms with E-state index in [4.69, 9.17) is 0 Å². The van der Waals surface area contributed by atoms with Gasteiger partial charge in [0, 0.05) is 24.0 Å². The van der Waals surface area contributed by atoms with Crippen molar-refractivity contribution in [2.24, 2.45) is 5.92 Å². The van der Waals surface area contributed by atoms with Crippen LogP contribution in [-0.2, 0) is 0 Å². The summed E-state index contributed by atoms with van der Waals surface area (Å²) in [5.74, 6) is 0.867. The summed E-state index contributed by atoms with van der Waals surface area (Å²) in [5.41, 5.74) is 3.10. The van der Waals surface area contributed by atoms with E-state index >= 15 is 0 Å². The average molecular weight is 310 g/mol. The number of hydrogen-bond acceptors (Lipinski definition) is 1. The highest BCUT2D eigenvalue weighted by Gasteiger charge is 2.27. The van der Waals surface area contributed by atoms with Crippen molar-refractivity contribution < 1.29 is 4.79 Å². The maximum absolute atomic E-state index is 12.5. The second-order valence-corrected chi connectivity index (χ2v) is 5.99. The zero-order valence-corrected chi connectivity index (χ0v) is 12.7. The molecule has 0 aromatic heterocycles. The Bertz CT molecular complexity index is 444. The summed E-state index contributed by atoms with van der Waals surface area (Å²) in [6.45, 7) is 5.87. The van der Waals surface area contributed by atoms with Crippen LogP contribution in [-0.4, -0.2) is 29.2 Å². The standard InChI is InChI=1S/C15H20BrNO/c1-11-3-4-12(2)14(9-11)15(18)17-8-6-13(10-17)5-7-16/h3-4,9,13H,5-8,10H2,1-2H3. The van der Waals surface area contributed by atoms with E-state index in [-0.39, 0.29) is 5.91 Å². The molecule has 98 valence electrons. The van der Waals surface area contributed by atoms with Gasteiger partial charge in [0.2, 0.25) is 0 Å². The van der Waals surface area contributed by atoms with Crippen LogP contribution in [0.5, 0.6) is 0 Å². The van der Waals surface area contributed by atoms with Crippen LogP contribution in [0.4, 0.5) is 0 Å². The molecule has 1 saturated heterocycles. The molecule has 1 aliphatic rings. The Hall–Kier alpha value is -0.830. The minimum absolute atomic E-state index is 0.202. The van der Waals surface area contributed by atoms with Crippen molar-refractivity contribution in [2.45, 2.75) is 26.7 Å². The van der Waals surface area contributed by atoms with E-state index in [1.54, 1.807) is 0 Å². The highest BCUT2D eigenvalue weighted by atomic mass is 79.9. The quantitative estimate of drug-likeness (QED) is 0.782. The molecular weight excluding hydrogens is 290 g/mol. The van der Waals surface area contributed by atoms with Crippen LogP contribution in [0, 0.1) is 19.8 Å². The van der Waals surface area contributed by atoms with Crippen LogP contribution in [0.1, 0.15) is 34.3 Å². The molecule has 0 aliphatic carbocycles. The summed E-state index contributed by atoms with van der Waals surface area (Å²) in [5, 5.41) is 1.03. The number of amides is 1. The Morgan fingerprint density at radius 3 is 2.94 bits per heavy atom. The van der Waals surface area contributed by atoms with Gasteiger partial charge in [0.1, 0.15) is 0 Å². The minimum Gasteiger partial charge on any atom is -0.338 e. The third-order valence-electron chi connectivity index (χ3n) is 3.71. The number of benzene rings is 1. The molecule has 1 amide bonds. The van der Waals surface area contributed by atoms with Gasteiger partial charge in [-0.2, -0.15) is 0 Å². The summed E-state index contributed by atoms with van der Waals surface area (Å²) < 4.78 is 0. The highest BCUT2D eigenvalue weighted by molar-refractivity contribution is 9.09. The van der Waals surface area contributed by atoms with Crippen molar-refractivity contribution in [1.29, 1.82) is 0 Å². The lowest BCUT2D eigenvalue weighted by atomic mass is 10.0. The van der Waals surface area contributed by atoms with Crippen LogP contribution in [0.15, 0.2) is 18.2 Å². The largest absolute Gasteiger partial charge is 0.338 e. The summed E-state index contributed by atoms with van der Waals surface area (Å²) in [7, 11) is 0. The smallest absolute Gasteiger partial charge is 0.254 e. The van der Waals surface area contributed by atoms with Crippen LogP contribution in [0.3, 0.4) is 0 Å². The average Bonchev–Trinajstić information content (AvgIpc) is 2.80. The van der Waals surface area contributed by atoms with Crippen LogP contribution < -0.4 is 0 Å². The zero-order valence-electron chi connectivity index (χ0n) is 11.1. The van der Waals surface area contributed by atoms with Crippen molar-refractivity contribution >= 4 is 21.8 Å².